The smallest absolute Gasteiger partial charge is 0.142 e. The third-order valence-corrected chi connectivity index (χ3v) is 3.86. The first-order chi connectivity index (χ1) is 8.70. The lowest BCUT2D eigenvalue weighted by molar-refractivity contribution is 0.410. The minimum Gasteiger partial charge on any atom is -0.307 e. The Kier molecular flexibility index (Phi) is 3.31. The Balaban J connectivity index is 1.72. The minimum atomic E-state index is 0.594. The van der Waals surface area contributed by atoms with Gasteiger partial charge in [0.15, 0.2) is 0 Å². The third kappa shape index (κ3) is 2.87. The molecular formula is C14H22N4. The predicted octanol–water partition coefficient (Wildman–Crippen LogP) is 1.46. The zero-order valence-electron chi connectivity index (χ0n) is 11.3. The average Bonchev–Trinajstić information content (AvgIpc) is 3.07. The molecule has 0 spiro atoms. The summed E-state index contributed by atoms with van der Waals surface area (Å²) < 4.78 is 0. The van der Waals surface area contributed by atoms with Crippen molar-refractivity contribution in [3.63, 3.8) is 0 Å². The van der Waals surface area contributed by atoms with Gasteiger partial charge in [0.2, 0.25) is 0 Å². The quantitative estimate of drug-likeness (QED) is 0.873. The largest absolute Gasteiger partial charge is 0.307 e. The van der Waals surface area contributed by atoms with E-state index in [1.54, 1.807) is 0 Å². The van der Waals surface area contributed by atoms with Crippen molar-refractivity contribution < 1.29 is 0 Å². The van der Waals surface area contributed by atoms with Crippen LogP contribution in [0.15, 0.2) is 6.07 Å². The van der Waals surface area contributed by atoms with E-state index >= 15 is 0 Å². The number of nitrogens with zero attached hydrogens (tertiary/aromatic N) is 3. The zero-order chi connectivity index (χ0) is 12.5. The molecule has 0 aromatic carbocycles. The van der Waals surface area contributed by atoms with Crippen molar-refractivity contribution >= 4 is 0 Å². The molecule has 0 bridgehead atoms. The van der Waals surface area contributed by atoms with Crippen molar-refractivity contribution in [2.45, 2.75) is 44.7 Å². The summed E-state index contributed by atoms with van der Waals surface area (Å²) >= 11 is 0. The Hall–Kier alpha value is -1.00. The maximum Gasteiger partial charge on any atom is 0.142 e. The molecule has 2 aliphatic rings. The van der Waals surface area contributed by atoms with E-state index in [0.717, 1.165) is 30.6 Å². The van der Waals surface area contributed by atoms with Crippen molar-refractivity contribution in [1.82, 2.24) is 20.2 Å². The van der Waals surface area contributed by atoms with E-state index in [1.807, 2.05) is 0 Å². The Morgan fingerprint density at radius 3 is 2.83 bits per heavy atom. The molecule has 98 valence electrons. The minimum absolute atomic E-state index is 0.594. The summed E-state index contributed by atoms with van der Waals surface area (Å²) in [7, 11) is 2.18. The van der Waals surface area contributed by atoms with Gasteiger partial charge in [-0.1, -0.05) is 0 Å². The highest BCUT2D eigenvalue weighted by Gasteiger charge is 2.24. The van der Waals surface area contributed by atoms with Crippen LogP contribution in [0.5, 0.6) is 0 Å². The second kappa shape index (κ2) is 4.94. The molecule has 1 aromatic heterocycles. The summed E-state index contributed by atoms with van der Waals surface area (Å²) in [5.41, 5.74) is 2.33. The molecule has 3 rings (SSSR count). The molecule has 1 aliphatic heterocycles. The molecule has 1 aliphatic carbocycles. The summed E-state index contributed by atoms with van der Waals surface area (Å²) in [4.78, 5) is 11.7. The van der Waals surface area contributed by atoms with Crippen LogP contribution in [-0.2, 0) is 6.54 Å². The molecule has 2 fully saturated rings. The topological polar surface area (TPSA) is 41.1 Å². The van der Waals surface area contributed by atoms with Gasteiger partial charge in [-0.15, -0.1) is 0 Å². The number of hydrogen-bond acceptors (Lipinski definition) is 4. The van der Waals surface area contributed by atoms with E-state index in [2.05, 4.69) is 35.2 Å². The number of likely N-dealkylation sites (N-methyl/N-ethyl adjacent to an activating group) is 1. The molecule has 1 saturated heterocycles. The summed E-state index contributed by atoms with van der Waals surface area (Å²) in [6, 6.07) is 2.87. The number of rotatable bonds is 4. The van der Waals surface area contributed by atoms with Crippen LogP contribution in [0.4, 0.5) is 0 Å². The third-order valence-electron chi connectivity index (χ3n) is 3.86. The molecule has 18 heavy (non-hydrogen) atoms. The van der Waals surface area contributed by atoms with Gasteiger partial charge in [0.1, 0.15) is 5.82 Å². The van der Waals surface area contributed by atoms with Crippen molar-refractivity contribution in [1.29, 1.82) is 0 Å². The van der Waals surface area contributed by atoms with Crippen molar-refractivity contribution in [2.24, 2.45) is 0 Å². The fraction of sp³-hybridized carbons (Fsp3) is 0.714. The summed E-state index contributed by atoms with van der Waals surface area (Å²) in [6.45, 7) is 5.21. The molecule has 1 unspecified atom stereocenters. The molecule has 4 heteroatoms. The van der Waals surface area contributed by atoms with E-state index in [4.69, 9.17) is 4.98 Å². The first-order valence-corrected chi connectivity index (χ1v) is 6.97. The molecule has 4 nitrogen and oxygen atoms in total. The highest BCUT2D eigenvalue weighted by Crippen LogP contribution is 2.25. The monoisotopic (exact) mass is 246 g/mol. The van der Waals surface area contributed by atoms with Crippen LogP contribution in [0.1, 0.15) is 42.4 Å². The van der Waals surface area contributed by atoms with Crippen molar-refractivity contribution in [3.8, 4) is 0 Å². The lowest BCUT2D eigenvalue weighted by Gasteiger charge is -2.12. The molecule has 0 amide bonds. The molecule has 2 heterocycles. The highest BCUT2D eigenvalue weighted by molar-refractivity contribution is 5.16. The Morgan fingerprint density at radius 2 is 2.17 bits per heavy atom. The second-order valence-electron chi connectivity index (χ2n) is 5.75. The first kappa shape index (κ1) is 12.1. The van der Waals surface area contributed by atoms with Gasteiger partial charge in [-0.3, -0.25) is 0 Å². The van der Waals surface area contributed by atoms with Gasteiger partial charge in [0.05, 0.1) is 6.54 Å². The van der Waals surface area contributed by atoms with E-state index in [0.29, 0.717) is 5.92 Å². The van der Waals surface area contributed by atoms with Crippen LogP contribution in [0.2, 0.25) is 0 Å². The normalized spacial score (nSPS) is 24.7. The SMILES string of the molecule is Cc1cc(C2CCN(C)C2)nc(CNC2CC2)n1. The lowest BCUT2D eigenvalue weighted by Crippen LogP contribution is -2.19. The molecule has 1 saturated carbocycles. The van der Waals surface area contributed by atoms with Crippen molar-refractivity contribution in [2.75, 3.05) is 20.1 Å². The average molecular weight is 246 g/mol. The summed E-state index contributed by atoms with van der Waals surface area (Å²) in [5, 5.41) is 3.49. The van der Waals surface area contributed by atoms with Gasteiger partial charge < -0.3 is 10.2 Å². The fourth-order valence-corrected chi connectivity index (χ4v) is 2.64. The Morgan fingerprint density at radius 1 is 1.33 bits per heavy atom. The van der Waals surface area contributed by atoms with Gasteiger partial charge in [0.25, 0.3) is 0 Å². The number of aryl methyl sites for hydroxylation is 1. The van der Waals surface area contributed by atoms with E-state index in [1.165, 1.54) is 31.5 Å². The van der Waals surface area contributed by atoms with Gasteiger partial charge in [0, 0.05) is 29.9 Å². The highest BCUT2D eigenvalue weighted by atomic mass is 15.1. The zero-order valence-corrected chi connectivity index (χ0v) is 11.3. The molecular weight excluding hydrogens is 224 g/mol. The van der Waals surface area contributed by atoms with Gasteiger partial charge in [-0.05, 0) is 45.8 Å². The predicted molar refractivity (Wildman–Crippen MR) is 71.5 cm³/mol. The van der Waals surface area contributed by atoms with Gasteiger partial charge in [-0.2, -0.15) is 0 Å². The van der Waals surface area contributed by atoms with Crippen LogP contribution in [0.25, 0.3) is 0 Å². The summed E-state index contributed by atoms with van der Waals surface area (Å²) in [5.74, 6) is 1.56. The number of aromatic nitrogens is 2. The van der Waals surface area contributed by atoms with Crippen LogP contribution in [0, 0.1) is 6.92 Å². The second-order valence-corrected chi connectivity index (χ2v) is 5.75. The van der Waals surface area contributed by atoms with E-state index in [-0.39, 0.29) is 0 Å². The Labute approximate surface area is 109 Å². The molecule has 1 atom stereocenters. The van der Waals surface area contributed by atoms with Crippen LogP contribution >= 0.6 is 0 Å². The maximum absolute atomic E-state index is 4.75. The Bertz CT molecular complexity index is 428. The van der Waals surface area contributed by atoms with E-state index < -0.39 is 0 Å². The van der Waals surface area contributed by atoms with Crippen LogP contribution < -0.4 is 5.32 Å². The first-order valence-electron chi connectivity index (χ1n) is 6.97. The molecule has 0 radical (unpaired) electrons. The lowest BCUT2D eigenvalue weighted by atomic mass is 10.0. The fourth-order valence-electron chi connectivity index (χ4n) is 2.64. The molecule has 1 N–H and O–H groups in total. The number of likely N-dealkylation sites (tertiary alicyclic amines) is 1. The van der Waals surface area contributed by atoms with E-state index in [9.17, 15) is 0 Å². The summed E-state index contributed by atoms with van der Waals surface area (Å²) in [6.07, 6.45) is 3.85. The number of nitrogens with one attached hydrogen (secondary N) is 1. The van der Waals surface area contributed by atoms with Crippen molar-refractivity contribution in [3.05, 3.63) is 23.3 Å². The van der Waals surface area contributed by atoms with Gasteiger partial charge in [-0.25, -0.2) is 9.97 Å². The van der Waals surface area contributed by atoms with Gasteiger partial charge >= 0.3 is 0 Å². The number of hydrogen-bond donors (Lipinski definition) is 1. The maximum atomic E-state index is 4.75. The van der Waals surface area contributed by atoms with Crippen LogP contribution in [-0.4, -0.2) is 41.0 Å². The van der Waals surface area contributed by atoms with Crippen LogP contribution in [0.3, 0.4) is 0 Å². The standard InChI is InChI=1S/C14H22N4/c1-10-7-13(11-5-6-18(2)9-11)17-14(16-10)8-15-12-3-4-12/h7,11-12,15H,3-6,8-9H2,1-2H3. The molecule has 1 aromatic rings.